The third-order valence-electron chi connectivity index (χ3n) is 4.58. The highest BCUT2D eigenvalue weighted by molar-refractivity contribution is 5.94. The Morgan fingerprint density at radius 1 is 1.00 bits per heavy atom. The minimum Gasteiger partial charge on any atom is -0.385 e. The fraction of sp³-hybridized carbons (Fsp3) is 0.304. The van der Waals surface area contributed by atoms with Gasteiger partial charge in [0.15, 0.2) is 0 Å². The maximum Gasteiger partial charge on any atom is 0.272 e. The van der Waals surface area contributed by atoms with Crippen molar-refractivity contribution >= 4 is 28.9 Å². The Morgan fingerprint density at radius 3 is 2.62 bits per heavy atom. The van der Waals surface area contributed by atoms with E-state index >= 15 is 0 Å². The van der Waals surface area contributed by atoms with E-state index in [1.54, 1.807) is 0 Å². The van der Waals surface area contributed by atoms with Gasteiger partial charge in [0.25, 0.3) is 5.56 Å². The maximum absolute atomic E-state index is 12.0. The minimum atomic E-state index is -0.162. The minimum absolute atomic E-state index is 0. The van der Waals surface area contributed by atoms with E-state index in [1.165, 1.54) is 6.42 Å². The molecule has 2 aromatic carbocycles. The number of aromatic amines is 1. The van der Waals surface area contributed by atoms with Crippen LogP contribution in [0.1, 0.15) is 26.2 Å². The van der Waals surface area contributed by atoms with Gasteiger partial charge in [-0.2, -0.15) is 5.10 Å². The van der Waals surface area contributed by atoms with E-state index in [0.29, 0.717) is 5.39 Å². The standard InChI is InChI=1S/C23H26N4O.ClH/c1-2-3-14-24-15-7-4-8-16-25-19-11-9-10-18(17-19)22-20-12-5-6-13-21(20)23(28)27-26-22;/h5-6,9-13,17,24-25H,4,7-8,14-16H2,1H3,(H,27,28);1H. The van der Waals surface area contributed by atoms with Crippen LogP contribution < -0.4 is 16.2 Å². The van der Waals surface area contributed by atoms with Crippen molar-refractivity contribution in [3.63, 3.8) is 0 Å². The second-order valence-electron chi connectivity index (χ2n) is 6.62. The molecule has 0 fully saturated rings. The average Bonchev–Trinajstić information content (AvgIpc) is 2.73. The van der Waals surface area contributed by atoms with Crippen LogP contribution in [0, 0.1) is 11.8 Å². The molecular formula is C23H27ClN4O. The zero-order valence-electron chi connectivity index (χ0n) is 16.6. The topological polar surface area (TPSA) is 69.8 Å². The van der Waals surface area contributed by atoms with Crippen molar-refractivity contribution in [3.05, 3.63) is 58.9 Å². The highest BCUT2D eigenvalue weighted by Gasteiger charge is 2.08. The lowest BCUT2D eigenvalue weighted by Gasteiger charge is -2.09. The van der Waals surface area contributed by atoms with Crippen molar-refractivity contribution in [1.29, 1.82) is 0 Å². The Morgan fingerprint density at radius 2 is 1.79 bits per heavy atom. The summed E-state index contributed by atoms with van der Waals surface area (Å²) < 4.78 is 0. The largest absolute Gasteiger partial charge is 0.385 e. The average molecular weight is 411 g/mol. The summed E-state index contributed by atoms with van der Waals surface area (Å²) in [4.78, 5) is 12.0. The lowest BCUT2D eigenvalue weighted by Crippen LogP contribution is -2.15. The molecule has 5 nitrogen and oxygen atoms in total. The lowest BCUT2D eigenvalue weighted by molar-refractivity contribution is 0.641. The van der Waals surface area contributed by atoms with Gasteiger partial charge >= 0.3 is 0 Å². The van der Waals surface area contributed by atoms with Crippen LogP contribution in [0.15, 0.2) is 53.3 Å². The van der Waals surface area contributed by atoms with Crippen LogP contribution in [0.2, 0.25) is 0 Å². The Labute approximate surface area is 177 Å². The van der Waals surface area contributed by atoms with E-state index in [2.05, 4.69) is 44.8 Å². The molecule has 0 bridgehead atoms. The highest BCUT2D eigenvalue weighted by atomic mass is 35.5. The molecule has 0 unspecified atom stereocenters. The number of anilines is 1. The smallest absolute Gasteiger partial charge is 0.272 e. The molecule has 6 heteroatoms. The first kappa shape index (κ1) is 22.5. The van der Waals surface area contributed by atoms with Crippen molar-refractivity contribution in [2.24, 2.45) is 0 Å². The number of benzene rings is 2. The first-order valence-corrected chi connectivity index (χ1v) is 9.71. The van der Waals surface area contributed by atoms with E-state index in [0.717, 1.165) is 54.8 Å². The first-order chi connectivity index (χ1) is 13.8. The van der Waals surface area contributed by atoms with Crippen molar-refractivity contribution < 1.29 is 0 Å². The maximum atomic E-state index is 12.0. The summed E-state index contributed by atoms with van der Waals surface area (Å²) in [5.41, 5.74) is 2.68. The normalized spacial score (nSPS) is 10.1. The first-order valence-electron chi connectivity index (χ1n) is 9.71. The summed E-state index contributed by atoms with van der Waals surface area (Å²) in [6.07, 6.45) is 3.44. The number of hydrogen-bond donors (Lipinski definition) is 3. The van der Waals surface area contributed by atoms with Gasteiger partial charge in [-0.3, -0.25) is 4.79 Å². The zero-order valence-corrected chi connectivity index (χ0v) is 17.4. The van der Waals surface area contributed by atoms with Gasteiger partial charge in [-0.25, -0.2) is 5.10 Å². The van der Waals surface area contributed by atoms with Gasteiger partial charge in [-0.1, -0.05) is 42.7 Å². The molecular weight excluding hydrogens is 384 g/mol. The molecule has 0 saturated carbocycles. The predicted molar refractivity (Wildman–Crippen MR) is 124 cm³/mol. The monoisotopic (exact) mass is 410 g/mol. The fourth-order valence-electron chi connectivity index (χ4n) is 3.14. The van der Waals surface area contributed by atoms with Crippen molar-refractivity contribution in [3.8, 4) is 23.1 Å². The summed E-state index contributed by atoms with van der Waals surface area (Å²) in [6, 6.07) is 15.7. The number of fused-ring (bicyclic) bond motifs is 1. The summed E-state index contributed by atoms with van der Waals surface area (Å²) in [7, 11) is 0. The van der Waals surface area contributed by atoms with Gasteiger partial charge in [0.05, 0.1) is 17.6 Å². The third kappa shape index (κ3) is 6.35. The Kier molecular flexibility index (Phi) is 9.23. The molecule has 0 amide bonds. The van der Waals surface area contributed by atoms with Gasteiger partial charge in [0, 0.05) is 23.2 Å². The molecule has 0 radical (unpaired) electrons. The van der Waals surface area contributed by atoms with Gasteiger partial charge < -0.3 is 10.6 Å². The molecule has 0 spiro atoms. The zero-order chi connectivity index (χ0) is 19.6. The molecule has 152 valence electrons. The number of unbranched alkanes of at least 4 members (excludes halogenated alkanes) is 2. The number of H-pyrrole nitrogens is 1. The fourth-order valence-corrected chi connectivity index (χ4v) is 3.14. The molecule has 3 N–H and O–H groups in total. The molecule has 0 aliphatic heterocycles. The van der Waals surface area contributed by atoms with E-state index in [9.17, 15) is 4.79 Å². The Hall–Kier alpha value is -2.81. The summed E-state index contributed by atoms with van der Waals surface area (Å²) >= 11 is 0. The summed E-state index contributed by atoms with van der Waals surface area (Å²) in [5, 5.41) is 15.2. The van der Waals surface area contributed by atoms with Crippen LogP contribution in [-0.4, -0.2) is 29.8 Å². The second kappa shape index (κ2) is 11.9. The van der Waals surface area contributed by atoms with Gasteiger partial charge in [-0.05, 0) is 44.5 Å². The number of hydrogen-bond acceptors (Lipinski definition) is 4. The van der Waals surface area contributed by atoms with Crippen LogP contribution in [0.4, 0.5) is 5.69 Å². The molecule has 0 aliphatic carbocycles. The van der Waals surface area contributed by atoms with E-state index in [-0.39, 0.29) is 18.0 Å². The van der Waals surface area contributed by atoms with E-state index in [1.807, 2.05) is 43.3 Å². The van der Waals surface area contributed by atoms with Crippen molar-refractivity contribution in [1.82, 2.24) is 15.5 Å². The number of nitrogens with one attached hydrogen (secondary N) is 3. The van der Waals surface area contributed by atoms with E-state index in [4.69, 9.17) is 0 Å². The number of rotatable bonds is 9. The Balaban J connectivity index is 0.00000300. The number of aromatic nitrogens is 2. The lowest BCUT2D eigenvalue weighted by atomic mass is 10.0. The number of nitrogens with zero attached hydrogens (tertiary/aromatic N) is 1. The SMILES string of the molecule is CC#CCNCCCCCNc1cccc(-c2n[nH]c(=O)c3ccccc23)c1.Cl. The molecule has 0 saturated heterocycles. The number of halogens is 1. The van der Waals surface area contributed by atoms with E-state index < -0.39 is 0 Å². The van der Waals surface area contributed by atoms with Crippen LogP contribution >= 0.6 is 12.4 Å². The molecule has 1 aromatic heterocycles. The quantitative estimate of drug-likeness (QED) is 0.365. The van der Waals surface area contributed by atoms with Crippen molar-refractivity contribution in [2.45, 2.75) is 26.2 Å². The van der Waals surface area contributed by atoms with Crippen LogP contribution in [0.3, 0.4) is 0 Å². The van der Waals surface area contributed by atoms with Crippen LogP contribution in [0.5, 0.6) is 0 Å². The third-order valence-corrected chi connectivity index (χ3v) is 4.58. The predicted octanol–water partition coefficient (Wildman–Crippen LogP) is 4.21. The molecule has 0 atom stereocenters. The van der Waals surface area contributed by atoms with Gasteiger partial charge in [0.1, 0.15) is 0 Å². The van der Waals surface area contributed by atoms with Gasteiger partial charge in [-0.15, -0.1) is 18.3 Å². The Bertz CT molecular complexity index is 1040. The van der Waals surface area contributed by atoms with Crippen LogP contribution in [-0.2, 0) is 0 Å². The van der Waals surface area contributed by atoms with Crippen LogP contribution in [0.25, 0.3) is 22.0 Å². The highest BCUT2D eigenvalue weighted by Crippen LogP contribution is 2.26. The molecule has 3 rings (SSSR count). The molecule has 29 heavy (non-hydrogen) atoms. The summed E-state index contributed by atoms with van der Waals surface area (Å²) in [5.74, 6) is 5.89. The van der Waals surface area contributed by atoms with Crippen molar-refractivity contribution in [2.75, 3.05) is 25.0 Å². The summed E-state index contributed by atoms with van der Waals surface area (Å²) in [6.45, 7) is 4.57. The molecule has 3 aromatic rings. The molecule has 1 heterocycles. The van der Waals surface area contributed by atoms with Gasteiger partial charge in [0.2, 0.25) is 0 Å². The molecule has 0 aliphatic rings. The second-order valence-corrected chi connectivity index (χ2v) is 6.62.